The van der Waals surface area contributed by atoms with Gasteiger partial charge in [0.2, 0.25) is 0 Å². The molecule has 0 fully saturated rings. The Morgan fingerprint density at radius 1 is 1.25 bits per heavy atom. The molecule has 20 heavy (non-hydrogen) atoms. The first-order valence-corrected chi connectivity index (χ1v) is 7.09. The van der Waals surface area contributed by atoms with Gasteiger partial charge >= 0.3 is 0 Å². The van der Waals surface area contributed by atoms with Crippen LogP contribution in [0.4, 0.5) is 5.82 Å². The van der Waals surface area contributed by atoms with E-state index >= 15 is 0 Å². The van der Waals surface area contributed by atoms with Gasteiger partial charge in [0.25, 0.3) is 5.91 Å². The van der Waals surface area contributed by atoms with Crippen molar-refractivity contribution in [2.45, 2.75) is 33.2 Å². The molecule has 1 aromatic carbocycles. The zero-order valence-corrected chi connectivity index (χ0v) is 12.2. The molecule has 0 aliphatic heterocycles. The van der Waals surface area contributed by atoms with Gasteiger partial charge in [-0.3, -0.25) is 4.79 Å². The number of fused-ring (bicyclic) bond motifs is 1. The van der Waals surface area contributed by atoms with Gasteiger partial charge in [0.1, 0.15) is 5.82 Å². The van der Waals surface area contributed by atoms with E-state index in [2.05, 4.69) is 22.5 Å². The fraction of sp³-hybridized carbons (Fsp3) is 0.375. The molecule has 0 radical (unpaired) electrons. The molecule has 0 saturated carbocycles. The molecule has 2 rings (SSSR count). The fourth-order valence-electron chi connectivity index (χ4n) is 2.09. The predicted molar refractivity (Wildman–Crippen MR) is 83.1 cm³/mol. The molecule has 2 aromatic rings. The number of carbonyl (C=O) groups is 1. The molecule has 4 nitrogen and oxygen atoms in total. The standard InChI is InChI=1S/C16H21N3O/c1-4-11(3)19-16(20)14-10-18-15(17-5-2)13-9-7-6-8-12(13)14/h6-11H,4-5H2,1-3H3,(H,17,18)(H,19,20). The molecule has 1 aromatic heterocycles. The summed E-state index contributed by atoms with van der Waals surface area (Å²) in [7, 11) is 0. The van der Waals surface area contributed by atoms with Crippen LogP contribution in [-0.2, 0) is 0 Å². The predicted octanol–water partition coefficient (Wildman–Crippen LogP) is 3.19. The minimum Gasteiger partial charge on any atom is -0.370 e. The Kier molecular flexibility index (Phi) is 4.56. The van der Waals surface area contributed by atoms with Gasteiger partial charge < -0.3 is 10.6 Å². The van der Waals surface area contributed by atoms with E-state index in [-0.39, 0.29) is 11.9 Å². The lowest BCUT2D eigenvalue weighted by molar-refractivity contribution is 0.0940. The number of nitrogens with one attached hydrogen (secondary N) is 2. The van der Waals surface area contributed by atoms with E-state index in [9.17, 15) is 4.79 Å². The number of pyridine rings is 1. The van der Waals surface area contributed by atoms with Gasteiger partial charge in [0.05, 0.1) is 5.56 Å². The number of anilines is 1. The first-order chi connectivity index (χ1) is 9.67. The Hall–Kier alpha value is -2.10. The normalized spacial score (nSPS) is 12.2. The van der Waals surface area contributed by atoms with Crippen LogP contribution in [0.2, 0.25) is 0 Å². The highest BCUT2D eigenvalue weighted by Gasteiger charge is 2.14. The number of hydrogen-bond acceptors (Lipinski definition) is 3. The highest BCUT2D eigenvalue weighted by Crippen LogP contribution is 2.24. The minimum atomic E-state index is -0.0638. The van der Waals surface area contributed by atoms with Crippen molar-refractivity contribution in [2.75, 3.05) is 11.9 Å². The van der Waals surface area contributed by atoms with E-state index in [0.717, 1.165) is 29.6 Å². The van der Waals surface area contributed by atoms with Crippen LogP contribution < -0.4 is 10.6 Å². The number of amides is 1. The average molecular weight is 271 g/mol. The van der Waals surface area contributed by atoms with Gasteiger partial charge in [-0.15, -0.1) is 0 Å². The molecule has 4 heteroatoms. The summed E-state index contributed by atoms with van der Waals surface area (Å²) in [6.45, 7) is 6.88. The number of aromatic nitrogens is 1. The van der Waals surface area contributed by atoms with Crippen LogP contribution in [-0.4, -0.2) is 23.5 Å². The van der Waals surface area contributed by atoms with Crippen LogP contribution >= 0.6 is 0 Å². The van der Waals surface area contributed by atoms with Crippen LogP contribution in [0.5, 0.6) is 0 Å². The van der Waals surface area contributed by atoms with Crippen LogP contribution in [0, 0.1) is 0 Å². The Morgan fingerprint density at radius 2 is 1.95 bits per heavy atom. The van der Waals surface area contributed by atoms with E-state index < -0.39 is 0 Å². The summed E-state index contributed by atoms with van der Waals surface area (Å²) < 4.78 is 0. The van der Waals surface area contributed by atoms with E-state index in [4.69, 9.17) is 0 Å². The average Bonchev–Trinajstić information content (AvgIpc) is 2.47. The van der Waals surface area contributed by atoms with Crippen LogP contribution in [0.1, 0.15) is 37.6 Å². The number of benzene rings is 1. The van der Waals surface area contributed by atoms with Crippen molar-refractivity contribution in [3.63, 3.8) is 0 Å². The third-order valence-electron chi connectivity index (χ3n) is 3.37. The van der Waals surface area contributed by atoms with Gasteiger partial charge in [-0.2, -0.15) is 0 Å². The summed E-state index contributed by atoms with van der Waals surface area (Å²) in [4.78, 5) is 16.7. The summed E-state index contributed by atoms with van der Waals surface area (Å²) in [5.41, 5.74) is 0.627. The summed E-state index contributed by atoms with van der Waals surface area (Å²) in [6, 6.07) is 8.01. The smallest absolute Gasteiger partial charge is 0.253 e. The maximum atomic E-state index is 12.3. The Bertz CT molecular complexity index is 610. The monoisotopic (exact) mass is 271 g/mol. The molecule has 1 unspecified atom stereocenters. The Labute approximate surface area is 119 Å². The van der Waals surface area contributed by atoms with Crippen LogP contribution in [0.25, 0.3) is 10.8 Å². The molecule has 1 amide bonds. The summed E-state index contributed by atoms with van der Waals surface area (Å²) >= 11 is 0. The Morgan fingerprint density at radius 3 is 2.60 bits per heavy atom. The Balaban J connectivity index is 2.45. The lowest BCUT2D eigenvalue weighted by Crippen LogP contribution is -2.32. The number of hydrogen-bond donors (Lipinski definition) is 2. The maximum absolute atomic E-state index is 12.3. The van der Waals surface area contributed by atoms with Crippen molar-refractivity contribution in [1.82, 2.24) is 10.3 Å². The molecule has 0 aliphatic carbocycles. The first kappa shape index (κ1) is 14.3. The van der Waals surface area contributed by atoms with E-state index in [0.29, 0.717) is 5.56 Å². The zero-order valence-electron chi connectivity index (χ0n) is 12.2. The highest BCUT2D eigenvalue weighted by atomic mass is 16.1. The first-order valence-electron chi connectivity index (χ1n) is 7.09. The highest BCUT2D eigenvalue weighted by molar-refractivity contribution is 6.09. The van der Waals surface area contributed by atoms with Gasteiger partial charge in [-0.25, -0.2) is 4.98 Å². The minimum absolute atomic E-state index is 0.0638. The third-order valence-corrected chi connectivity index (χ3v) is 3.37. The van der Waals surface area contributed by atoms with E-state index in [1.54, 1.807) is 6.20 Å². The van der Waals surface area contributed by atoms with E-state index in [1.165, 1.54) is 0 Å². The SMILES string of the molecule is CCNc1ncc(C(=O)NC(C)CC)c2ccccc12. The van der Waals surface area contributed by atoms with Gasteiger partial charge in [-0.05, 0) is 25.7 Å². The van der Waals surface area contributed by atoms with Gasteiger partial charge in [0.15, 0.2) is 0 Å². The second kappa shape index (κ2) is 6.37. The van der Waals surface area contributed by atoms with Gasteiger partial charge in [-0.1, -0.05) is 31.2 Å². The maximum Gasteiger partial charge on any atom is 0.253 e. The second-order valence-electron chi connectivity index (χ2n) is 4.88. The molecule has 106 valence electrons. The molecule has 0 spiro atoms. The largest absolute Gasteiger partial charge is 0.370 e. The fourth-order valence-corrected chi connectivity index (χ4v) is 2.09. The second-order valence-corrected chi connectivity index (χ2v) is 4.88. The molecule has 0 bridgehead atoms. The third kappa shape index (κ3) is 2.90. The van der Waals surface area contributed by atoms with Crippen molar-refractivity contribution in [2.24, 2.45) is 0 Å². The molecule has 1 heterocycles. The van der Waals surface area contributed by atoms with E-state index in [1.807, 2.05) is 38.1 Å². The van der Waals surface area contributed by atoms with Crippen LogP contribution in [0.15, 0.2) is 30.5 Å². The topological polar surface area (TPSA) is 54.0 Å². The van der Waals surface area contributed by atoms with Crippen molar-refractivity contribution in [3.05, 3.63) is 36.0 Å². The summed E-state index contributed by atoms with van der Waals surface area (Å²) in [6.07, 6.45) is 2.56. The van der Waals surface area contributed by atoms with Crippen molar-refractivity contribution in [1.29, 1.82) is 0 Å². The lowest BCUT2D eigenvalue weighted by atomic mass is 10.1. The van der Waals surface area contributed by atoms with Crippen molar-refractivity contribution < 1.29 is 4.79 Å². The molecule has 1 atom stereocenters. The number of nitrogens with zero attached hydrogens (tertiary/aromatic N) is 1. The molecular formula is C16H21N3O. The number of rotatable bonds is 5. The van der Waals surface area contributed by atoms with Gasteiger partial charge in [0, 0.05) is 24.2 Å². The summed E-state index contributed by atoms with van der Waals surface area (Å²) in [5, 5.41) is 8.12. The molecule has 0 aliphatic rings. The summed E-state index contributed by atoms with van der Waals surface area (Å²) in [5.74, 6) is 0.759. The number of carbonyl (C=O) groups excluding carboxylic acids is 1. The molecule has 0 saturated heterocycles. The lowest BCUT2D eigenvalue weighted by Gasteiger charge is -2.14. The van der Waals surface area contributed by atoms with Crippen LogP contribution in [0.3, 0.4) is 0 Å². The molecule has 2 N–H and O–H groups in total. The zero-order chi connectivity index (χ0) is 14.5. The van der Waals surface area contributed by atoms with Crippen molar-refractivity contribution in [3.8, 4) is 0 Å². The van der Waals surface area contributed by atoms with Crippen molar-refractivity contribution >= 4 is 22.5 Å². The quantitative estimate of drug-likeness (QED) is 0.878. The molecular weight excluding hydrogens is 250 g/mol.